The van der Waals surface area contributed by atoms with Crippen LogP contribution in [-0.2, 0) is 4.74 Å². The van der Waals surface area contributed by atoms with Gasteiger partial charge in [-0.25, -0.2) is 4.79 Å². The topological polar surface area (TPSA) is 64.6 Å². The number of methoxy groups -OCH3 is 1. The summed E-state index contributed by atoms with van der Waals surface area (Å²) in [6, 6.07) is 11.8. The van der Waals surface area contributed by atoms with Crippen LogP contribution < -0.4 is 10.1 Å². The first-order valence-electron chi connectivity index (χ1n) is 7.28. The molecule has 0 aromatic heterocycles. The molecule has 0 saturated carbocycles. The Balaban J connectivity index is 2.08. The predicted molar refractivity (Wildman–Crippen MR) is 88.1 cm³/mol. The second-order valence-electron chi connectivity index (χ2n) is 4.94. The number of carbonyl (C=O) groups is 2. The molecule has 1 amide bonds. The standard InChI is InChI=1S/C18H19NO4/c1-4-23-18(21)13-5-8-15(9-6-13)19-17(20)14-7-10-16(22-3)12(2)11-14/h5-11H,4H2,1-3H3,(H,19,20). The number of ether oxygens (including phenoxy) is 2. The van der Waals surface area contributed by atoms with Crippen LogP contribution in [0.25, 0.3) is 0 Å². The van der Waals surface area contributed by atoms with Gasteiger partial charge < -0.3 is 14.8 Å². The van der Waals surface area contributed by atoms with Crippen molar-refractivity contribution in [2.24, 2.45) is 0 Å². The molecule has 5 heteroatoms. The molecule has 23 heavy (non-hydrogen) atoms. The fourth-order valence-corrected chi connectivity index (χ4v) is 2.13. The van der Waals surface area contributed by atoms with Crippen LogP contribution in [0.1, 0.15) is 33.2 Å². The summed E-state index contributed by atoms with van der Waals surface area (Å²) in [4.78, 5) is 23.8. The van der Waals surface area contributed by atoms with Crippen LogP contribution in [0.2, 0.25) is 0 Å². The SMILES string of the molecule is CCOC(=O)c1ccc(NC(=O)c2ccc(OC)c(C)c2)cc1. The van der Waals surface area contributed by atoms with Gasteiger partial charge >= 0.3 is 5.97 Å². The quantitative estimate of drug-likeness (QED) is 0.859. The third-order valence-corrected chi connectivity index (χ3v) is 3.31. The summed E-state index contributed by atoms with van der Waals surface area (Å²) in [6.07, 6.45) is 0. The maximum Gasteiger partial charge on any atom is 0.338 e. The molecule has 2 aromatic rings. The summed E-state index contributed by atoms with van der Waals surface area (Å²) in [7, 11) is 1.59. The Morgan fingerprint density at radius 3 is 2.26 bits per heavy atom. The average Bonchev–Trinajstić information content (AvgIpc) is 2.55. The summed E-state index contributed by atoms with van der Waals surface area (Å²) in [6.45, 7) is 3.96. The summed E-state index contributed by atoms with van der Waals surface area (Å²) >= 11 is 0. The van der Waals surface area contributed by atoms with E-state index in [9.17, 15) is 9.59 Å². The van der Waals surface area contributed by atoms with Gasteiger partial charge in [0.2, 0.25) is 0 Å². The molecule has 2 aromatic carbocycles. The maximum atomic E-state index is 12.2. The number of anilines is 1. The maximum absolute atomic E-state index is 12.2. The summed E-state index contributed by atoms with van der Waals surface area (Å²) in [5.74, 6) is 0.135. The highest BCUT2D eigenvalue weighted by Gasteiger charge is 2.10. The number of nitrogens with one attached hydrogen (secondary N) is 1. The smallest absolute Gasteiger partial charge is 0.338 e. The lowest BCUT2D eigenvalue weighted by Gasteiger charge is -2.09. The number of benzene rings is 2. The summed E-state index contributed by atoms with van der Waals surface area (Å²) in [5.41, 5.74) is 2.48. The molecule has 0 heterocycles. The van der Waals surface area contributed by atoms with E-state index in [4.69, 9.17) is 9.47 Å². The first-order chi connectivity index (χ1) is 11.0. The molecule has 0 aliphatic heterocycles. The third-order valence-electron chi connectivity index (χ3n) is 3.31. The molecule has 0 unspecified atom stereocenters. The van der Waals surface area contributed by atoms with E-state index in [1.54, 1.807) is 56.5 Å². The molecule has 1 N–H and O–H groups in total. The zero-order chi connectivity index (χ0) is 16.8. The van der Waals surface area contributed by atoms with Crippen molar-refractivity contribution in [2.75, 3.05) is 19.0 Å². The van der Waals surface area contributed by atoms with Gasteiger partial charge in [-0.05, 0) is 61.9 Å². The van der Waals surface area contributed by atoms with Crippen molar-refractivity contribution in [3.8, 4) is 5.75 Å². The second-order valence-corrected chi connectivity index (χ2v) is 4.94. The van der Waals surface area contributed by atoms with E-state index in [0.717, 1.165) is 11.3 Å². The first-order valence-corrected chi connectivity index (χ1v) is 7.28. The Hall–Kier alpha value is -2.82. The fraction of sp³-hybridized carbons (Fsp3) is 0.222. The molecule has 2 rings (SSSR count). The molecule has 0 saturated heterocycles. The van der Waals surface area contributed by atoms with E-state index < -0.39 is 0 Å². The van der Waals surface area contributed by atoms with E-state index in [2.05, 4.69) is 5.32 Å². The Labute approximate surface area is 135 Å². The molecule has 0 fully saturated rings. The van der Waals surface area contributed by atoms with Gasteiger partial charge in [-0.15, -0.1) is 0 Å². The predicted octanol–water partition coefficient (Wildman–Crippen LogP) is 3.43. The van der Waals surface area contributed by atoms with E-state index in [1.807, 2.05) is 6.92 Å². The van der Waals surface area contributed by atoms with Crippen LogP contribution in [0.5, 0.6) is 5.75 Å². The van der Waals surface area contributed by atoms with Crippen molar-refractivity contribution < 1.29 is 19.1 Å². The molecule has 0 bridgehead atoms. The van der Waals surface area contributed by atoms with Crippen molar-refractivity contribution in [1.29, 1.82) is 0 Å². The molecule has 0 aliphatic carbocycles. The average molecular weight is 313 g/mol. The Kier molecular flexibility index (Phi) is 5.36. The summed E-state index contributed by atoms with van der Waals surface area (Å²) < 4.78 is 10.1. The minimum atomic E-state index is -0.379. The molecule has 0 spiro atoms. The van der Waals surface area contributed by atoms with E-state index in [0.29, 0.717) is 23.4 Å². The van der Waals surface area contributed by atoms with Crippen LogP contribution in [0.3, 0.4) is 0 Å². The highest BCUT2D eigenvalue weighted by Crippen LogP contribution is 2.19. The molecule has 0 atom stereocenters. The number of aryl methyl sites for hydroxylation is 1. The lowest BCUT2D eigenvalue weighted by Crippen LogP contribution is -2.12. The monoisotopic (exact) mass is 313 g/mol. The van der Waals surface area contributed by atoms with Gasteiger partial charge in [0.1, 0.15) is 5.75 Å². The van der Waals surface area contributed by atoms with Crippen molar-refractivity contribution in [3.05, 3.63) is 59.2 Å². The molecule has 0 aliphatic rings. The van der Waals surface area contributed by atoms with Crippen LogP contribution >= 0.6 is 0 Å². The highest BCUT2D eigenvalue weighted by molar-refractivity contribution is 6.04. The summed E-state index contributed by atoms with van der Waals surface area (Å²) in [5, 5.41) is 2.79. The minimum Gasteiger partial charge on any atom is -0.496 e. The van der Waals surface area contributed by atoms with E-state index in [-0.39, 0.29) is 11.9 Å². The molecular weight excluding hydrogens is 294 g/mol. The van der Waals surface area contributed by atoms with Crippen molar-refractivity contribution >= 4 is 17.6 Å². The normalized spacial score (nSPS) is 10.0. The number of amides is 1. The Morgan fingerprint density at radius 2 is 1.70 bits per heavy atom. The molecule has 5 nitrogen and oxygen atoms in total. The van der Waals surface area contributed by atoms with Gasteiger partial charge in [0.25, 0.3) is 5.91 Å². The van der Waals surface area contributed by atoms with Crippen molar-refractivity contribution in [2.45, 2.75) is 13.8 Å². The zero-order valence-electron chi connectivity index (χ0n) is 13.4. The van der Waals surface area contributed by atoms with Crippen LogP contribution in [0.15, 0.2) is 42.5 Å². The largest absolute Gasteiger partial charge is 0.496 e. The highest BCUT2D eigenvalue weighted by atomic mass is 16.5. The number of esters is 1. The van der Waals surface area contributed by atoms with Gasteiger partial charge in [-0.3, -0.25) is 4.79 Å². The fourth-order valence-electron chi connectivity index (χ4n) is 2.13. The lowest BCUT2D eigenvalue weighted by atomic mass is 10.1. The van der Waals surface area contributed by atoms with Crippen molar-refractivity contribution in [3.63, 3.8) is 0 Å². The second kappa shape index (κ2) is 7.45. The number of carbonyl (C=O) groups excluding carboxylic acids is 2. The van der Waals surface area contributed by atoms with Crippen molar-refractivity contribution in [1.82, 2.24) is 0 Å². The van der Waals surface area contributed by atoms with Gasteiger partial charge in [-0.1, -0.05) is 0 Å². The Morgan fingerprint density at radius 1 is 1.04 bits per heavy atom. The molecule has 120 valence electrons. The number of hydrogen-bond acceptors (Lipinski definition) is 4. The minimum absolute atomic E-state index is 0.223. The number of rotatable bonds is 5. The van der Waals surface area contributed by atoms with Gasteiger partial charge in [-0.2, -0.15) is 0 Å². The molecule has 0 radical (unpaired) electrons. The molecular formula is C18H19NO4. The van der Waals surface area contributed by atoms with Gasteiger partial charge in [0, 0.05) is 11.3 Å². The third kappa shape index (κ3) is 4.10. The van der Waals surface area contributed by atoms with E-state index in [1.165, 1.54) is 0 Å². The lowest BCUT2D eigenvalue weighted by molar-refractivity contribution is 0.0526. The van der Waals surface area contributed by atoms with Crippen LogP contribution in [-0.4, -0.2) is 25.6 Å². The van der Waals surface area contributed by atoms with Gasteiger partial charge in [0.05, 0.1) is 19.3 Å². The van der Waals surface area contributed by atoms with Crippen LogP contribution in [0, 0.1) is 6.92 Å². The van der Waals surface area contributed by atoms with Gasteiger partial charge in [0.15, 0.2) is 0 Å². The first kappa shape index (κ1) is 16.5. The zero-order valence-corrected chi connectivity index (χ0v) is 13.4. The van der Waals surface area contributed by atoms with Crippen LogP contribution in [0.4, 0.5) is 5.69 Å². The number of hydrogen-bond donors (Lipinski definition) is 1. The van der Waals surface area contributed by atoms with E-state index >= 15 is 0 Å². The Bertz CT molecular complexity index is 707.